The lowest BCUT2D eigenvalue weighted by molar-refractivity contribution is -0.139. The molecule has 0 aliphatic heterocycles. The SMILES string of the molecule is COc1ccc(S(=O)(=O)N(CC(=O)N(Cc2ccc(Cl)cc2Cl)C(C)C(=O)NC2CCCCC2)c2ccc(F)cc2)cc1OC. The third-order valence-corrected chi connectivity index (χ3v) is 10.2. The molecular formula is C32H36Cl2FN3O6S. The van der Waals surface area contributed by atoms with Crippen LogP contribution in [0.25, 0.3) is 0 Å². The number of carbonyl (C=O) groups excluding carboxylic acids is 2. The summed E-state index contributed by atoms with van der Waals surface area (Å²) in [7, 11) is -1.64. The number of anilines is 1. The molecule has 1 N–H and O–H groups in total. The van der Waals surface area contributed by atoms with Gasteiger partial charge >= 0.3 is 0 Å². The maximum Gasteiger partial charge on any atom is 0.264 e. The number of nitrogens with one attached hydrogen (secondary N) is 1. The molecule has 2 amide bonds. The highest BCUT2D eigenvalue weighted by atomic mass is 35.5. The fourth-order valence-corrected chi connectivity index (χ4v) is 7.12. The molecule has 0 saturated heterocycles. The lowest BCUT2D eigenvalue weighted by atomic mass is 9.95. The summed E-state index contributed by atoms with van der Waals surface area (Å²) in [5.74, 6) is -1.15. The molecule has 1 atom stereocenters. The van der Waals surface area contributed by atoms with Gasteiger partial charge in [-0.2, -0.15) is 0 Å². The average Bonchev–Trinajstić information content (AvgIpc) is 3.03. The molecule has 0 spiro atoms. The zero-order valence-electron chi connectivity index (χ0n) is 25.3. The summed E-state index contributed by atoms with van der Waals surface area (Å²) in [6.07, 6.45) is 4.80. The third kappa shape index (κ3) is 8.39. The fourth-order valence-electron chi connectivity index (χ4n) is 5.23. The highest BCUT2D eigenvalue weighted by Crippen LogP contribution is 2.33. The fraction of sp³-hybridized carbons (Fsp3) is 0.375. The van der Waals surface area contributed by atoms with Crippen molar-refractivity contribution in [3.05, 3.63) is 82.1 Å². The van der Waals surface area contributed by atoms with E-state index in [4.69, 9.17) is 32.7 Å². The third-order valence-electron chi connectivity index (χ3n) is 7.81. The van der Waals surface area contributed by atoms with Crippen LogP contribution in [-0.2, 0) is 26.2 Å². The molecule has 1 unspecified atom stereocenters. The van der Waals surface area contributed by atoms with Crippen molar-refractivity contribution in [2.24, 2.45) is 0 Å². The molecule has 1 fully saturated rings. The maximum absolute atomic E-state index is 14.2. The van der Waals surface area contributed by atoms with Crippen LogP contribution in [0.2, 0.25) is 10.0 Å². The quantitative estimate of drug-likeness (QED) is 0.244. The van der Waals surface area contributed by atoms with E-state index >= 15 is 0 Å². The predicted molar refractivity (Wildman–Crippen MR) is 172 cm³/mol. The second-order valence-electron chi connectivity index (χ2n) is 10.8. The summed E-state index contributed by atoms with van der Waals surface area (Å²) in [5, 5.41) is 3.73. The number of methoxy groups -OCH3 is 2. The van der Waals surface area contributed by atoms with Gasteiger partial charge in [-0.3, -0.25) is 13.9 Å². The van der Waals surface area contributed by atoms with Crippen LogP contribution in [0.15, 0.2) is 65.6 Å². The summed E-state index contributed by atoms with van der Waals surface area (Å²) in [5.41, 5.74) is 0.561. The molecular weight excluding hydrogens is 644 g/mol. The van der Waals surface area contributed by atoms with Crippen LogP contribution in [0.5, 0.6) is 11.5 Å². The van der Waals surface area contributed by atoms with Gasteiger partial charge in [-0.15, -0.1) is 0 Å². The lowest BCUT2D eigenvalue weighted by Crippen LogP contribution is -2.53. The van der Waals surface area contributed by atoms with Crippen molar-refractivity contribution in [2.45, 2.75) is 62.6 Å². The summed E-state index contributed by atoms with van der Waals surface area (Å²) in [6, 6.07) is 12.6. The number of ether oxygens (including phenoxy) is 2. The van der Waals surface area contributed by atoms with Gasteiger partial charge in [-0.25, -0.2) is 12.8 Å². The Bertz CT molecular complexity index is 1620. The lowest BCUT2D eigenvalue weighted by Gasteiger charge is -2.33. The molecule has 1 aliphatic rings. The Morgan fingerprint density at radius 3 is 2.24 bits per heavy atom. The van der Waals surface area contributed by atoms with Crippen LogP contribution in [0.3, 0.4) is 0 Å². The van der Waals surface area contributed by atoms with E-state index < -0.39 is 34.3 Å². The Morgan fingerprint density at radius 2 is 1.62 bits per heavy atom. The monoisotopic (exact) mass is 679 g/mol. The number of nitrogens with zero attached hydrogens (tertiary/aromatic N) is 2. The second kappa shape index (κ2) is 15.2. The van der Waals surface area contributed by atoms with E-state index in [2.05, 4.69) is 5.32 Å². The molecule has 3 aromatic rings. The molecule has 13 heteroatoms. The van der Waals surface area contributed by atoms with E-state index in [1.807, 2.05) is 0 Å². The standard InChI is InChI=1S/C32H36Cl2FN3O6S/c1-21(32(40)36-25-7-5-4-6-8-25)37(19-22-9-10-23(33)17-28(22)34)31(39)20-38(26-13-11-24(35)12-14-26)45(41,42)27-15-16-29(43-2)30(18-27)44-3/h9-18,21,25H,4-8,19-20H2,1-3H3,(H,36,40). The molecule has 0 heterocycles. The number of benzene rings is 3. The Balaban J connectivity index is 1.72. The summed E-state index contributed by atoms with van der Waals surface area (Å²) >= 11 is 12.5. The first-order chi connectivity index (χ1) is 21.4. The minimum Gasteiger partial charge on any atom is -0.493 e. The van der Waals surface area contributed by atoms with Gasteiger partial charge in [0.05, 0.1) is 24.8 Å². The topological polar surface area (TPSA) is 105 Å². The van der Waals surface area contributed by atoms with E-state index in [0.717, 1.165) is 48.5 Å². The van der Waals surface area contributed by atoms with Crippen molar-refractivity contribution in [1.82, 2.24) is 10.2 Å². The highest BCUT2D eigenvalue weighted by Gasteiger charge is 2.34. The van der Waals surface area contributed by atoms with E-state index in [9.17, 15) is 22.4 Å². The molecule has 0 aromatic heterocycles. The molecule has 242 valence electrons. The van der Waals surface area contributed by atoms with Gasteiger partial charge in [0.2, 0.25) is 11.8 Å². The Labute approximate surface area is 273 Å². The molecule has 1 aliphatic carbocycles. The van der Waals surface area contributed by atoms with Crippen LogP contribution in [-0.4, -0.2) is 58.0 Å². The second-order valence-corrected chi connectivity index (χ2v) is 13.5. The van der Waals surface area contributed by atoms with Crippen LogP contribution in [0, 0.1) is 5.82 Å². The smallest absolute Gasteiger partial charge is 0.264 e. The number of sulfonamides is 1. The van der Waals surface area contributed by atoms with Gasteiger partial charge in [0.1, 0.15) is 18.4 Å². The first-order valence-corrected chi connectivity index (χ1v) is 16.7. The van der Waals surface area contributed by atoms with Gasteiger partial charge < -0.3 is 19.7 Å². The van der Waals surface area contributed by atoms with Gasteiger partial charge in [-0.05, 0) is 73.9 Å². The number of rotatable bonds is 12. The van der Waals surface area contributed by atoms with E-state index in [0.29, 0.717) is 16.3 Å². The zero-order chi connectivity index (χ0) is 32.7. The summed E-state index contributed by atoms with van der Waals surface area (Å²) < 4.78 is 53.5. The minimum absolute atomic E-state index is 0.00841. The number of halogens is 3. The molecule has 0 bridgehead atoms. The average molecular weight is 681 g/mol. The largest absolute Gasteiger partial charge is 0.493 e. The van der Waals surface area contributed by atoms with E-state index in [1.165, 1.54) is 55.5 Å². The molecule has 4 rings (SSSR count). The van der Waals surface area contributed by atoms with Crippen LogP contribution in [0.1, 0.15) is 44.6 Å². The first-order valence-electron chi connectivity index (χ1n) is 14.5. The molecule has 1 saturated carbocycles. The summed E-state index contributed by atoms with van der Waals surface area (Å²) in [6.45, 7) is 0.793. The van der Waals surface area contributed by atoms with Crippen LogP contribution >= 0.6 is 23.2 Å². The van der Waals surface area contributed by atoms with Crippen LogP contribution in [0.4, 0.5) is 10.1 Å². The zero-order valence-corrected chi connectivity index (χ0v) is 27.6. The normalized spacial score (nSPS) is 14.4. The molecule has 0 radical (unpaired) electrons. The minimum atomic E-state index is -4.42. The molecule has 3 aromatic carbocycles. The van der Waals surface area contributed by atoms with Crippen molar-refractivity contribution in [3.63, 3.8) is 0 Å². The van der Waals surface area contributed by atoms with Crippen molar-refractivity contribution >= 4 is 50.7 Å². The number of amides is 2. The van der Waals surface area contributed by atoms with Crippen molar-refractivity contribution in [2.75, 3.05) is 25.1 Å². The number of hydrogen-bond donors (Lipinski definition) is 1. The summed E-state index contributed by atoms with van der Waals surface area (Å²) in [4.78, 5) is 28.7. The number of hydrogen-bond acceptors (Lipinski definition) is 6. The van der Waals surface area contributed by atoms with Crippen molar-refractivity contribution < 1.29 is 31.9 Å². The number of carbonyl (C=O) groups is 2. The Hall–Kier alpha value is -3.54. The molecule has 9 nitrogen and oxygen atoms in total. The van der Waals surface area contributed by atoms with Crippen molar-refractivity contribution in [1.29, 1.82) is 0 Å². The van der Waals surface area contributed by atoms with Crippen LogP contribution < -0.4 is 19.1 Å². The maximum atomic E-state index is 14.2. The predicted octanol–water partition coefficient (Wildman–Crippen LogP) is 6.21. The van der Waals surface area contributed by atoms with Gasteiger partial charge in [-0.1, -0.05) is 48.5 Å². The van der Waals surface area contributed by atoms with Gasteiger partial charge in [0, 0.05) is 28.7 Å². The van der Waals surface area contributed by atoms with Gasteiger partial charge in [0.25, 0.3) is 10.0 Å². The molecule has 45 heavy (non-hydrogen) atoms. The van der Waals surface area contributed by atoms with E-state index in [-0.39, 0.29) is 39.8 Å². The van der Waals surface area contributed by atoms with E-state index in [1.54, 1.807) is 19.1 Å². The Morgan fingerprint density at radius 1 is 0.956 bits per heavy atom. The first kappa shape index (κ1) is 34.3. The van der Waals surface area contributed by atoms with Gasteiger partial charge in [0.15, 0.2) is 11.5 Å². The highest BCUT2D eigenvalue weighted by molar-refractivity contribution is 7.92. The Kier molecular flexibility index (Phi) is 11.6. The van der Waals surface area contributed by atoms with Crippen molar-refractivity contribution in [3.8, 4) is 11.5 Å².